The maximum atomic E-state index is 12.5. The van der Waals surface area contributed by atoms with Gasteiger partial charge >= 0.3 is 12.4 Å². The molecule has 0 fully saturated rings. The van der Waals surface area contributed by atoms with E-state index in [0.29, 0.717) is 6.07 Å². The van der Waals surface area contributed by atoms with Gasteiger partial charge in [0.25, 0.3) is 0 Å². The van der Waals surface area contributed by atoms with E-state index in [1.807, 2.05) is 0 Å². The highest BCUT2D eigenvalue weighted by Crippen LogP contribution is 2.42. The van der Waals surface area contributed by atoms with Crippen molar-refractivity contribution in [2.45, 2.75) is 12.4 Å². The summed E-state index contributed by atoms with van der Waals surface area (Å²) in [6.07, 6.45) is -9.19. The second-order valence-corrected chi connectivity index (χ2v) is 4.62. The van der Waals surface area contributed by atoms with Crippen LogP contribution in [0.25, 0.3) is 0 Å². The van der Waals surface area contributed by atoms with Crippen molar-refractivity contribution >= 4 is 33.0 Å². The van der Waals surface area contributed by atoms with E-state index in [-0.39, 0.29) is 15.8 Å². The number of hydrogen-bond donors (Lipinski definition) is 1. The lowest BCUT2D eigenvalue weighted by Crippen LogP contribution is -2.32. The Morgan fingerprint density at radius 1 is 1.05 bits per heavy atom. The Morgan fingerprint density at radius 2 is 1.68 bits per heavy atom. The largest absolute Gasteiger partial charge is 0.431 e. The summed E-state index contributed by atoms with van der Waals surface area (Å²) >= 11 is 2.81. The van der Waals surface area contributed by atoms with E-state index in [0.717, 1.165) is 6.07 Å². The van der Waals surface area contributed by atoms with Gasteiger partial charge in [0.15, 0.2) is 0 Å². The van der Waals surface area contributed by atoms with Gasteiger partial charge < -0.3 is 5.32 Å². The third-order valence-electron chi connectivity index (χ3n) is 2.41. The standard InChI is InChI=1S/C10H5BrF6N2/c11-5-1-4(9(12,13)14)2-6-8(5)19-7(3-18-6)10(15,16)17/h1-2,18H,3H2. The third kappa shape index (κ3) is 2.85. The van der Waals surface area contributed by atoms with Crippen molar-refractivity contribution in [3.63, 3.8) is 0 Å². The minimum atomic E-state index is -4.62. The fraction of sp³-hybridized carbons (Fsp3) is 0.300. The minimum absolute atomic E-state index is 0.0882. The van der Waals surface area contributed by atoms with E-state index in [2.05, 4.69) is 26.2 Å². The summed E-state index contributed by atoms with van der Waals surface area (Å²) in [4.78, 5) is 3.35. The van der Waals surface area contributed by atoms with Gasteiger partial charge in [0.2, 0.25) is 0 Å². The first-order valence-electron chi connectivity index (χ1n) is 4.88. The van der Waals surface area contributed by atoms with Crippen molar-refractivity contribution in [1.29, 1.82) is 0 Å². The van der Waals surface area contributed by atoms with Crippen LogP contribution in [-0.4, -0.2) is 18.4 Å². The second kappa shape index (κ2) is 4.39. The average molecular weight is 347 g/mol. The Balaban J connectivity index is 2.52. The zero-order valence-electron chi connectivity index (χ0n) is 8.95. The molecular weight excluding hydrogens is 342 g/mol. The van der Waals surface area contributed by atoms with Crippen molar-refractivity contribution in [1.82, 2.24) is 0 Å². The Kier molecular flexibility index (Phi) is 3.28. The van der Waals surface area contributed by atoms with E-state index in [9.17, 15) is 26.3 Å². The number of nitrogens with zero attached hydrogens (tertiary/aromatic N) is 1. The molecule has 0 saturated heterocycles. The number of halogens is 7. The van der Waals surface area contributed by atoms with Crippen LogP contribution in [0, 0.1) is 0 Å². The Labute approximate surface area is 111 Å². The van der Waals surface area contributed by atoms with Crippen LogP contribution >= 0.6 is 15.9 Å². The molecule has 9 heteroatoms. The van der Waals surface area contributed by atoms with Gasteiger partial charge in [-0.3, -0.25) is 0 Å². The van der Waals surface area contributed by atoms with Crippen molar-refractivity contribution < 1.29 is 26.3 Å². The van der Waals surface area contributed by atoms with Crippen LogP contribution in [0.2, 0.25) is 0 Å². The second-order valence-electron chi connectivity index (χ2n) is 3.76. The number of anilines is 1. The first-order valence-corrected chi connectivity index (χ1v) is 5.67. The molecular formula is C10H5BrF6N2. The van der Waals surface area contributed by atoms with Gasteiger partial charge in [-0.2, -0.15) is 26.3 Å². The molecule has 2 rings (SSSR count). The molecule has 1 aromatic rings. The van der Waals surface area contributed by atoms with Crippen LogP contribution < -0.4 is 5.32 Å². The van der Waals surface area contributed by atoms with Gasteiger partial charge in [0.1, 0.15) is 11.4 Å². The van der Waals surface area contributed by atoms with Gasteiger partial charge in [-0.1, -0.05) is 0 Å². The Bertz CT molecular complexity index is 546. The van der Waals surface area contributed by atoms with Crippen LogP contribution in [-0.2, 0) is 6.18 Å². The van der Waals surface area contributed by atoms with Crippen LogP contribution in [0.4, 0.5) is 37.7 Å². The number of fused-ring (bicyclic) bond motifs is 1. The lowest BCUT2D eigenvalue weighted by atomic mass is 10.1. The summed E-state index contributed by atoms with van der Waals surface area (Å²) in [5, 5.41) is 2.29. The van der Waals surface area contributed by atoms with Gasteiger partial charge in [0.05, 0.1) is 17.8 Å². The molecule has 0 unspecified atom stereocenters. The predicted octanol–water partition coefficient (Wildman–Crippen LogP) is 4.53. The smallest absolute Gasteiger partial charge is 0.378 e. The quantitative estimate of drug-likeness (QED) is 0.686. The number of aliphatic imine (C=N–C) groups is 1. The van der Waals surface area contributed by atoms with Gasteiger partial charge in [-0.05, 0) is 28.1 Å². The molecule has 2 nitrogen and oxygen atoms in total. The monoisotopic (exact) mass is 346 g/mol. The molecule has 1 N–H and O–H groups in total. The highest BCUT2D eigenvalue weighted by Gasteiger charge is 2.38. The van der Waals surface area contributed by atoms with Crippen molar-refractivity contribution in [2.75, 3.05) is 11.9 Å². The topological polar surface area (TPSA) is 24.4 Å². The highest BCUT2D eigenvalue weighted by atomic mass is 79.9. The maximum absolute atomic E-state index is 12.5. The summed E-state index contributed by atoms with van der Waals surface area (Å²) in [5.74, 6) is 0. The Hall–Kier alpha value is -1.25. The number of hydrogen-bond acceptors (Lipinski definition) is 2. The number of rotatable bonds is 0. The van der Waals surface area contributed by atoms with Crippen LogP contribution in [0.1, 0.15) is 5.56 Å². The molecule has 0 radical (unpaired) electrons. The third-order valence-corrected chi connectivity index (χ3v) is 3.02. The summed E-state index contributed by atoms with van der Waals surface area (Å²) in [7, 11) is 0. The van der Waals surface area contributed by atoms with Crippen molar-refractivity contribution in [3.05, 3.63) is 22.2 Å². The molecule has 1 aromatic carbocycles. The lowest BCUT2D eigenvalue weighted by molar-refractivity contribution is -0.137. The van der Waals surface area contributed by atoms with Crippen molar-refractivity contribution in [3.8, 4) is 0 Å². The molecule has 0 bridgehead atoms. The van der Waals surface area contributed by atoms with E-state index >= 15 is 0 Å². The summed E-state index contributed by atoms with van der Waals surface area (Å²) in [6, 6.07) is 1.43. The number of benzene rings is 1. The van der Waals surface area contributed by atoms with E-state index < -0.39 is 30.2 Å². The molecule has 0 aromatic heterocycles. The SMILES string of the molecule is FC(F)(F)C1=Nc2c(Br)cc(C(F)(F)F)cc2NC1. The van der Waals surface area contributed by atoms with Crippen LogP contribution in [0.3, 0.4) is 0 Å². The van der Waals surface area contributed by atoms with Crippen LogP contribution in [0.5, 0.6) is 0 Å². The predicted molar refractivity (Wildman–Crippen MR) is 60.8 cm³/mol. The van der Waals surface area contributed by atoms with Gasteiger partial charge in [-0.25, -0.2) is 4.99 Å². The first kappa shape index (κ1) is 14.2. The summed E-state index contributed by atoms with van der Waals surface area (Å²) < 4.78 is 74.9. The van der Waals surface area contributed by atoms with Crippen molar-refractivity contribution in [2.24, 2.45) is 4.99 Å². The molecule has 0 saturated carbocycles. The minimum Gasteiger partial charge on any atom is -0.378 e. The summed E-state index contributed by atoms with van der Waals surface area (Å²) in [6.45, 7) is -0.662. The molecule has 0 atom stereocenters. The average Bonchev–Trinajstić information content (AvgIpc) is 2.26. The number of alkyl halides is 6. The zero-order chi connectivity index (χ0) is 14.4. The molecule has 1 aliphatic heterocycles. The molecule has 0 aliphatic carbocycles. The zero-order valence-corrected chi connectivity index (χ0v) is 10.5. The lowest BCUT2D eigenvalue weighted by Gasteiger charge is -2.21. The molecule has 19 heavy (non-hydrogen) atoms. The molecule has 1 aliphatic rings. The molecule has 0 amide bonds. The molecule has 0 spiro atoms. The molecule has 104 valence electrons. The summed E-state index contributed by atoms with van der Waals surface area (Å²) in [5.41, 5.74) is -2.32. The van der Waals surface area contributed by atoms with Gasteiger partial charge in [-0.15, -0.1) is 0 Å². The fourth-order valence-corrected chi connectivity index (χ4v) is 2.08. The number of nitrogens with one attached hydrogen (secondary N) is 1. The first-order chi connectivity index (χ1) is 8.59. The maximum Gasteiger partial charge on any atom is 0.431 e. The van der Waals surface area contributed by atoms with E-state index in [1.165, 1.54) is 0 Å². The molecule has 1 heterocycles. The van der Waals surface area contributed by atoms with Gasteiger partial charge in [0, 0.05) is 4.47 Å². The highest BCUT2D eigenvalue weighted by molar-refractivity contribution is 9.10. The van der Waals surface area contributed by atoms with E-state index in [4.69, 9.17) is 0 Å². The Morgan fingerprint density at radius 3 is 2.21 bits per heavy atom. The van der Waals surface area contributed by atoms with E-state index in [1.54, 1.807) is 0 Å². The fourth-order valence-electron chi connectivity index (χ4n) is 1.53. The normalized spacial score (nSPS) is 15.6. The van der Waals surface area contributed by atoms with Crippen LogP contribution in [0.15, 0.2) is 21.6 Å².